The number of aromatic nitrogens is 2. The molecule has 7 N–H and O–H groups in total. The number of ether oxygens (including phenoxy) is 1. The first kappa shape index (κ1) is 28.2. The van der Waals surface area contributed by atoms with Crippen LogP contribution in [0.15, 0.2) is 30.2 Å². The van der Waals surface area contributed by atoms with Crippen molar-refractivity contribution in [3.63, 3.8) is 0 Å². The second-order valence-electron chi connectivity index (χ2n) is 10.1. The van der Waals surface area contributed by atoms with Crippen molar-refractivity contribution in [2.24, 2.45) is 18.7 Å². The standard InChI is InChI=1S/C25H39F3N6O2/c1-5-31-16(2)12-24(3,29)33-20-10-19(11-21-23(20)32-15-34(21)4)36-18-8-6-17(7-9-18)13-30-14-22(35)25(26,27)28/h10-12,15,17-18,22,30-31,33,35H,5-9,13-14,29H2,1-4H3/p+1. The maximum Gasteiger partial charge on any atom is 0.415 e. The molecule has 0 spiro atoms. The Morgan fingerprint density at radius 1 is 1.33 bits per heavy atom. The maximum atomic E-state index is 12.5. The summed E-state index contributed by atoms with van der Waals surface area (Å²) < 4.78 is 45.6. The van der Waals surface area contributed by atoms with Gasteiger partial charge in [-0.15, -0.1) is 0 Å². The number of benzene rings is 1. The molecule has 0 radical (unpaired) electrons. The van der Waals surface area contributed by atoms with Crippen molar-refractivity contribution in [3.05, 3.63) is 30.2 Å². The summed E-state index contributed by atoms with van der Waals surface area (Å²) in [5, 5.41) is 17.4. The Morgan fingerprint density at radius 3 is 2.67 bits per heavy atom. The molecular weight excluding hydrogens is 473 g/mol. The van der Waals surface area contributed by atoms with E-state index in [0.717, 1.165) is 60.4 Å². The summed E-state index contributed by atoms with van der Waals surface area (Å²) in [6.45, 7) is 6.92. The van der Waals surface area contributed by atoms with Gasteiger partial charge in [-0.2, -0.15) is 13.2 Å². The van der Waals surface area contributed by atoms with Gasteiger partial charge in [0.05, 0.1) is 30.2 Å². The zero-order chi connectivity index (χ0) is 26.5. The third kappa shape index (κ3) is 7.83. The number of halogens is 3. The van der Waals surface area contributed by atoms with Gasteiger partial charge in [0.1, 0.15) is 22.6 Å². The molecule has 2 unspecified atom stereocenters. The molecule has 2 aromatic rings. The monoisotopic (exact) mass is 513 g/mol. The number of quaternary nitrogens is 1. The predicted molar refractivity (Wildman–Crippen MR) is 134 cm³/mol. The number of nitrogens with two attached hydrogens (primary N) is 2. The van der Waals surface area contributed by atoms with Crippen molar-refractivity contribution in [1.29, 1.82) is 0 Å². The van der Waals surface area contributed by atoms with Gasteiger partial charge in [0.15, 0.2) is 6.10 Å². The molecule has 1 aliphatic rings. The number of alkyl halides is 3. The van der Waals surface area contributed by atoms with Crippen molar-refractivity contribution in [2.45, 2.75) is 70.5 Å². The van der Waals surface area contributed by atoms with E-state index in [1.807, 2.05) is 43.7 Å². The van der Waals surface area contributed by atoms with E-state index in [2.05, 4.69) is 27.9 Å². The average Bonchev–Trinajstić information content (AvgIpc) is 3.14. The van der Waals surface area contributed by atoms with Gasteiger partial charge >= 0.3 is 6.18 Å². The zero-order valence-electron chi connectivity index (χ0n) is 21.5. The summed E-state index contributed by atoms with van der Waals surface area (Å²) in [5.41, 5.74) is 9.37. The number of rotatable bonds is 11. The minimum atomic E-state index is -4.59. The number of nitrogens with one attached hydrogen (secondary N) is 2. The summed E-state index contributed by atoms with van der Waals surface area (Å²) in [5.74, 6) is 0.982. The third-order valence-corrected chi connectivity index (χ3v) is 6.51. The number of imidazole rings is 1. The molecule has 0 amide bonds. The molecule has 0 aliphatic heterocycles. The summed E-state index contributed by atoms with van der Waals surface area (Å²) in [7, 11) is 1.93. The van der Waals surface area contributed by atoms with Gasteiger partial charge in [-0.25, -0.2) is 4.98 Å². The Bertz CT molecular complexity index is 1030. The Morgan fingerprint density at radius 2 is 2.03 bits per heavy atom. The Kier molecular flexibility index (Phi) is 9.26. The van der Waals surface area contributed by atoms with E-state index in [4.69, 9.17) is 15.6 Å². The van der Waals surface area contributed by atoms with Crippen molar-refractivity contribution in [1.82, 2.24) is 14.9 Å². The van der Waals surface area contributed by atoms with E-state index in [1.54, 1.807) is 6.33 Å². The minimum Gasteiger partial charge on any atom is -0.490 e. The maximum absolute atomic E-state index is 12.5. The molecule has 1 fully saturated rings. The SMILES string of the molecule is CC[NH2+]C(C)=CC(C)(N)Nc1cc(OC2CCC(CNCC(O)C(F)(F)F)CC2)cc2c1ncn2C. The molecule has 0 bridgehead atoms. The number of aryl methyl sites for hydroxylation is 1. The minimum absolute atomic E-state index is 0.0195. The molecule has 36 heavy (non-hydrogen) atoms. The van der Waals surface area contributed by atoms with Crippen LogP contribution in [0.2, 0.25) is 0 Å². The van der Waals surface area contributed by atoms with E-state index >= 15 is 0 Å². The molecule has 1 heterocycles. The topological polar surface area (TPSA) is 114 Å². The first-order chi connectivity index (χ1) is 16.9. The van der Waals surface area contributed by atoms with Gasteiger partial charge in [-0.3, -0.25) is 0 Å². The van der Waals surface area contributed by atoms with Crippen LogP contribution in [0.4, 0.5) is 18.9 Å². The number of hydrogen-bond acceptors (Lipinski definition) is 6. The number of allylic oxidation sites excluding steroid dienone is 1. The lowest BCUT2D eigenvalue weighted by Gasteiger charge is -2.30. The van der Waals surface area contributed by atoms with Crippen LogP contribution in [0, 0.1) is 5.92 Å². The number of hydrogen-bond donors (Lipinski definition) is 5. The molecule has 8 nitrogen and oxygen atoms in total. The van der Waals surface area contributed by atoms with Gasteiger partial charge in [-0.05, 0) is 52.0 Å². The molecular formula is C25H40F3N6O2+. The van der Waals surface area contributed by atoms with Crippen LogP contribution >= 0.6 is 0 Å². The molecule has 2 atom stereocenters. The van der Waals surface area contributed by atoms with E-state index < -0.39 is 24.5 Å². The van der Waals surface area contributed by atoms with Crippen LogP contribution in [-0.4, -0.2) is 58.3 Å². The van der Waals surface area contributed by atoms with Crippen molar-refractivity contribution < 1.29 is 28.3 Å². The van der Waals surface area contributed by atoms with Gasteiger partial charge < -0.3 is 36.1 Å². The summed E-state index contributed by atoms with van der Waals surface area (Å²) >= 11 is 0. The molecule has 202 valence electrons. The van der Waals surface area contributed by atoms with Gasteiger partial charge in [-0.1, -0.05) is 0 Å². The van der Waals surface area contributed by atoms with Crippen molar-refractivity contribution >= 4 is 16.7 Å². The van der Waals surface area contributed by atoms with Crippen LogP contribution in [-0.2, 0) is 7.05 Å². The quantitative estimate of drug-likeness (QED) is 0.295. The molecule has 1 aromatic carbocycles. The molecule has 3 rings (SSSR count). The van der Waals surface area contributed by atoms with Crippen LogP contribution in [0.5, 0.6) is 5.75 Å². The second-order valence-corrected chi connectivity index (χ2v) is 10.1. The fourth-order valence-corrected chi connectivity index (χ4v) is 4.73. The first-order valence-corrected chi connectivity index (χ1v) is 12.5. The largest absolute Gasteiger partial charge is 0.490 e. The lowest BCUT2D eigenvalue weighted by molar-refractivity contribution is -0.602. The highest BCUT2D eigenvalue weighted by Gasteiger charge is 2.37. The van der Waals surface area contributed by atoms with Gasteiger partial charge in [0.2, 0.25) is 0 Å². The van der Waals surface area contributed by atoms with Crippen LogP contribution < -0.4 is 26.4 Å². The van der Waals surface area contributed by atoms with Gasteiger partial charge in [0, 0.05) is 38.7 Å². The van der Waals surface area contributed by atoms with Crippen LogP contribution in [0.25, 0.3) is 11.0 Å². The van der Waals surface area contributed by atoms with E-state index in [1.165, 1.54) is 0 Å². The first-order valence-electron chi connectivity index (χ1n) is 12.5. The highest BCUT2D eigenvalue weighted by atomic mass is 19.4. The van der Waals surface area contributed by atoms with Crippen molar-refractivity contribution in [2.75, 3.05) is 25.0 Å². The smallest absolute Gasteiger partial charge is 0.415 e. The number of anilines is 1. The average molecular weight is 514 g/mol. The highest BCUT2D eigenvalue weighted by Crippen LogP contribution is 2.33. The lowest BCUT2D eigenvalue weighted by atomic mass is 9.87. The summed E-state index contributed by atoms with van der Waals surface area (Å²) in [4.78, 5) is 4.54. The molecule has 1 aromatic heterocycles. The number of fused-ring (bicyclic) bond motifs is 1. The normalized spacial score (nSPS) is 21.9. The third-order valence-electron chi connectivity index (χ3n) is 6.51. The molecule has 0 saturated heterocycles. The summed E-state index contributed by atoms with van der Waals surface area (Å²) in [6.07, 6.45) is 0.150. The van der Waals surface area contributed by atoms with E-state index in [9.17, 15) is 13.2 Å². The lowest BCUT2D eigenvalue weighted by Crippen LogP contribution is -2.81. The Hall–Kier alpha value is -2.34. The molecule has 1 saturated carbocycles. The van der Waals surface area contributed by atoms with Crippen LogP contribution in [0.1, 0.15) is 46.5 Å². The van der Waals surface area contributed by atoms with Crippen LogP contribution in [0.3, 0.4) is 0 Å². The fraction of sp³-hybridized carbons (Fsp3) is 0.640. The van der Waals surface area contributed by atoms with E-state index in [-0.39, 0.29) is 12.0 Å². The molecule has 11 heteroatoms. The number of aliphatic hydroxyl groups is 1. The Balaban J connectivity index is 1.63. The number of nitrogens with zero attached hydrogens (tertiary/aromatic N) is 2. The Labute approximate surface area is 210 Å². The highest BCUT2D eigenvalue weighted by molar-refractivity contribution is 5.90. The molecule has 1 aliphatic carbocycles. The predicted octanol–water partition coefficient (Wildman–Crippen LogP) is 2.60. The van der Waals surface area contributed by atoms with E-state index in [0.29, 0.717) is 6.54 Å². The zero-order valence-corrected chi connectivity index (χ0v) is 21.5. The number of aliphatic hydroxyl groups excluding tert-OH is 1. The van der Waals surface area contributed by atoms with Gasteiger partial charge in [0.25, 0.3) is 0 Å². The van der Waals surface area contributed by atoms with Crippen molar-refractivity contribution in [3.8, 4) is 5.75 Å². The fourth-order valence-electron chi connectivity index (χ4n) is 4.73. The second kappa shape index (κ2) is 11.8. The summed E-state index contributed by atoms with van der Waals surface area (Å²) in [6, 6.07) is 3.90.